The number of anilines is 1. The Kier molecular flexibility index (Phi) is 4.49. The van der Waals surface area contributed by atoms with Gasteiger partial charge in [-0.3, -0.25) is 9.59 Å². The van der Waals surface area contributed by atoms with Crippen LogP contribution in [-0.2, 0) is 9.59 Å². The Morgan fingerprint density at radius 3 is 2.64 bits per heavy atom. The number of nitrogens with one attached hydrogen (secondary N) is 2. The molecule has 0 aromatic heterocycles. The molecule has 5 heteroatoms. The van der Waals surface area contributed by atoms with Crippen LogP contribution in [0.4, 0.5) is 5.69 Å². The van der Waals surface area contributed by atoms with Crippen molar-refractivity contribution in [3.8, 4) is 5.75 Å². The van der Waals surface area contributed by atoms with Gasteiger partial charge in [-0.2, -0.15) is 0 Å². The minimum atomic E-state index is -1.61. The third-order valence-electron chi connectivity index (χ3n) is 4.48. The molecule has 0 saturated heterocycles. The second kappa shape index (κ2) is 6.59. The Hall–Kier alpha value is -2.82. The first-order valence-electron chi connectivity index (χ1n) is 8.41. The van der Waals surface area contributed by atoms with Crippen molar-refractivity contribution >= 4 is 17.5 Å². The second-order valence-electron chi connectivity index (χ2n) is 6.43. The van der Waals surface area contributed by atoms with Crippen molar-refractivity contribution in [1.29, 1.82) is 0 Å². The number of hydrogen-bond donors (Lipinski definition) is 2. The monoisotopic (exact) mass is 338 g/mol. The molecule has 130 valence electrons. The first-order chi connectivity index (χ1) is 11.9. The first-order valence-corrected chi connectivity index (χ1v) is 8.41. The Labute approximate surface area is 147 Å². The second-order valence-corrected chi connectivity index (χ2v) is 6.43. The molecule has 2 aromatic carbocycles. The van der Waals surface area contributed by atoms with E-state index in [1.807, 2.05) is 56.3 Å². The van der Waals surface area contributed by atoms with Crippen LogP contribution in [0.5, 0.6) is 5.75 Å². The Balaban J connectivity index is 1.83. The molecule has 2 unspecified atom stereocenters. The third-order valence-corrected chi connectivity index (χ3v) is 4.48. The van der Waals surface area contributed by atoms with Crippen molar-refractivity contribution in [1.82, 2.24) is 5.32 Å². The Morgan fingerprint density at radius 1 is 1.24 bits per heavy atom. The zero-order chi connectivity index (χ0) is 18.0. The maximum absolute atomic E-state index is 12.9. The van der Waals surface area contributed by atoms with Gasteiger partial charge in [-0.1, -0.05) is 43.3 Å². The van der Waals surface area contributed by atoms with Gasteiger partial charge in [0.2, 0.25) is 0 Å². The molecular formula is C20H22N2O3. The molecule has 3 rings (SSSR count). The van der Waals surface area contributed by atoms with Crippen LogP contribution < -0.4 is 15.4 Å². The minimum Gasteiger partial charge on any atom is -0.466 e. The molecular weight excluding hydrogens is 316 g/mol. The summed E-state index contributed by atoms with van der Waals surface area (Å²) in [6.45, 7) is 5.41. The predicted molar refractivity (Wildman–Crippen MR) is 96.5 cm³/mol. The number of amides is 2. The number of benzene rings is 2. The van der Waals surface area contributed by atoms with Gasteiger partial charge in [0.25, 0.3) is 17.4 Å². The van der Waals surface area contributed by atoms with Crippen LogP contribution in [0.25, 0.3) is 0 Å². The minimum absolute atomic E-state index is 0.179. The number of hydrogen-bond acceptors (Lipinski definition) is 3. The SMILES string of the molecule is CCC(NC(=O)C1(C)Oc2ccc(C)cc2NC1=O)c1ccccc1. The highest BCUT2D eigenvalue weighted by Crippen LogP contribution is 2.34. The van der Waals surface area contributed by atoms with Gasteiger partial charge in [-0.15, -0.1) is 0 Å². The molecule has 1 aliphatic rings. The molecule has 25 heavy (non-hydrogen) atoms. The number of ether oxygens (including phenoxy) is 1. The van der Waals surface area contributed by atoms with Crippen LogP contribution in [-0.4, -0.2) is 17.4 Å². The summed E-state index contributed by atoms with van der Waals surface area (Å²) < 4.78 is 5.81. The average Bonchev–Trinajstić information content (AvgIpc) is 2.61. The van der Waals surface area contributed by atoms with Crippen LogP contribution in [0.1, 0.15) is 37.4 Å². The van der Waals surface area contributed by atoms with E-state index in [4.69, 9.17) is 4.74 Å². The molecule has 0 fully saturated rings. The van der Waals surface area contributed by atoms with Crippen LogP contribution in [0.15, 0.2) is 48.5 Å². The number of aryl methyl sites for hydroxylation is 1. The zero-order valence-electron chi connectivity index (χ0n) is 14.6. The molecule has 0 spiro atoms. The number of fused-ring (bicyclic) bond motifs is 1. The van der Waals surface area contributed by atoms with Gasteiger partial charge in [0.1, 0.15) is 5.75 Å². The summed E-state index contributed by atoms with van der Waals surface area (Å²) in [4.78, 5) is 25.4. The summed E-state index contributed by atoms with van der Waals surface area (Å²) in [7, 11) is 0. The highest BCUT2D eigenvalue weighted by Gasteiger charge is 2.47. The van der Waals surface area contributed by atoms with E-state index in [0.29, 0.717) is 17.9 Å². The fraction of sp³-hybridized carbons (Fsp3) is 0.300. The molecule has 2 amide bonds. The summed E-state index contributed by atoms with van der Waals surface area (Å²) in [6, 6.07) is 15.0. The summed E-state index contributed by atoms with van der Waals surface area (Å²) in [5.74, 6) is -0.423. The van der Waals surface area contributed by atoms with Gasteiger partial charge < -0.3 is 15.4 Å². The van der Waals surface area contributed by atoms with Crippen LogP contribution >= 0.6 is 0 Å². The zero-order valence-corrected chi connectivity index (χ0v) is 14.6. The molecule has 0 aliphatic carbocycles. The van der Waals surface area contributed by atoms with E-state index < -0.39 is 17.4 Å². The van der Waals surface area contributed by atoms with Crippen LogP contribution in [0.2, 0.25) is 0 Å². The van der Waals surface area contributed by atoms with Crippen molar-refractivity contribution < 1.29 is 14.3 Å². The molecule has 2 atom stereocenters. The molecule has 2 N–H and O–H groups in total. The van der Waals surface area contributed by atoms with E-state index in [1.54, 1.807) is 6.07 Å². The highest BCUT2D eigenvalue weighted by atomic mass is 16.5. The quantitative estimate of drug-likeness (QED) is 0.840. The molecule has 0 bridgehead atoms. The lowest BCUT2D eigenvalue weighted by molar-refractivity contribution is -0.147. The van der Waals surface area contributed by atoms with Crippen LogP contribution in [0, 0.1) is 6.92 Å². The largest absolute Gasteiger partial charge is 0.466 e. The summed E-state index contributed by atoms with van der Waals surface area (Å²) >= 11 is 0. The summed E-state index contributed by atoms with van der Waals surface area (Å²) in [6.07, 6.45) is 0.712. The van der Waals surface area contributed by atoms with E-state index in [2.05, 4.69) is 10.6 Å². The first kappa shape index (κ1) is 17.0. The van der Waals surface area contributed by atoms with Gasteiger partial charge in [-0.25, -0.2) is 0 Å². The van der Waals surface area contributed by atoms with E-state index >= 15 is 0 Å². The molecule has 0 saturated carbocycles. The molecule has 5 nitrogen and oxygen atoms in total. The van der Waals surface area contributed by atoms with E-state index in [1.165, 1.54) is 6.92 Å². The fourth-order valence-corrected chi connectivity index (χ4v) is 2.89. The van der Waals surface area contributed by atoms with Gasteiger partial charge in [0, 0.05) is 0 Å². The maximum Gasteiger partial charge on any atom is 0.278 e. The van der Waals surface area contributed by atoms with E-state index in [9.17, 15) is 9.59 Å². The number of carbonyl (C=O) groups is 2. The predicted octanol–water partition coefficient (Wildman–Crippen LogP) is 3.35. The van der Waals surface area contributed by atoms with Gasteiger partial charge >= 0.3 is 0 Å². The topological polar surface area (TPSA) is 67.4 Å². The van der Waals surface area contributed by atoms with Gasteiger partial charge in [0.15, 0.2) is 0 Å². The highest BCUT2D eigenvalue weighted by molar-refractivity contribution is 6.15. The van der Waals surface area contributed by atoms with Gasteiger partial charge in [0.05, 0.1) is 11.7 Å². The van der Waals surface area contributed by atoms with Crippen molar-refractivity contribution in [2.45, 2.75) is 38.8 Å². The molecule has 2 aromatic rings. The van der Waals surface area contributed by atoms with E-state index in [-0.39, 0.29) is 6.04 Å². The lowest BCUT2D eigenvalue weighted by Gasteiger charge is -2.34. The van der Waals surface area contributed by atoms with Crippen molar-refractivity contribution in [2.75, 3.05) is 5.32 Å². The molecule has 1 aliphatic heterocycles. The lowest BCUT2D eigenvalue weighted by Crippen LogP contribution is -2.59. The molecule has 1 heterocycles. The smallest absolute Gasteiger partial charge is 0.278 e. The van der Waals surface area contributed by atoms with Gasteiger partial charge in [-0.05, 0) is 43.5 Å². The maximum atomic E-state index is 12.9. The fourth-order valence-electron chi connectivity index (χ4n) is 2.89. The Morgan fingerprint density at radius 2 is 1.96 bits per heavy atom. The van der Waals surface area contributed by atoms with Crippen molar-refractivity contribution in [2.24, 2.45) is 0 Å². The average molecular weight is 338 g/mol. The van der Waals surface area contributed by atoms with Crippen molar-refractivity contribution in [3.05, 3.63) is 59.7 Å². The van der Waals surface area contributed by atoms with Crippen LogP contribution in [0.3, 0.4) is 0 Å². The summed E-state index contributed by atoms with van der Waals surface area (Å²) in [5.41, 5.74) is 0.982. The third kappa shape index (κ3) is 3.22. The van der Waals surface area contributed by atoms with E-state index in [0.717, 1.165) is 11.1 Å². The lowest BCUT2D eigenvalue weighted by atomic mass is 9.98. The standard InChI is InChI=1S/C20H22N2O3/c1-4-15(14-8-6-5-7-9-14)21-18(23)20(3)19(24)22-16-12-13(2)10-11-17(16)25-20/h5-12,15H,4H2,1-3H3,(H,21,23)(H,22,24). The van der Waals surface area contributed by atoms with Crippen molar-refractivity contribution in [3.63, 3.8) is 0 Å². The normalized spacial score (nSPS) is 20.0. The Bertz CT molecular complexity index is 804. The number of carbonyl (C=O) groups excluding carboxylic acids is 2. The summed E-state index contributed by atoms with van der Waals surface area (Å²) in [5, 5.41) is 5.72. The molecule has 0 radical (unpaired) electrons. The number of rotatable bonds is 4.